The summed E-state index contributed by atoms with van der Waals surface area (Å²) in [6.07, 6.45) is 0. The number of para-hydroxylation sites is 4. The van der Waals surface area contributed by atoms with Gasteiger partial charge in [-0.1, -0.05) is 48.5 Å². The van der Waals surface area contributed by atoms with Crippen LogP contribution in [0, 0.1) is 6.92 Å². The number of nitrogens with zero attached hydrogens (tertiary/aromatic N) is 4. The maximum absolute atomic E-state index is 6.23. The van der Waals surface area contributed by atoms with Crippen LogP contribution in [0.1, 0.15) is 11.4 Å². The van der Waals surface area contributed by atoms with Crippen LogP contribution in [0.25, 0.3) is 33.3 Å². The van der Waals surface area contributed by atoms with Crippen LogP contribution in [-0.2, 0) is 6.54 Å². The summed E-state index contributed by atoms with van der Waals surface area (Å²) in [6.45, 7) is 3.47. The molecule has 0 amide bonds. The van der Waals surface area contributed by atoms with Crippen molar-refractivity contribution in [3.63, 3.8) is 0 Å². The Morgan fingerprint density at radius 2 is 1.53 bits per heavy atom. The van der Waals surface area contributed by atoms with Crippen LogP contribution in [0.5, 0.6) is 0 Å². The molecule has 7 rings (SSSR count). The minimum absolute atomic E-state index is 0.670. The fraction of sp³-hybridized carbons (Fsp3) is 0.0968. The quantitative estimate of drug-likeness (QED) is 0.269. The van der Waals surface area contributed by atoms with Crippen LogP contribution in [0.4, 0.5) is 17.1 Å². The monoisotopic (exact) mass is 468 g/mol. The van der Waals surface area contributed by atoms with Crippen molar-refractivity contribution in [2.45, 2.75) is 13.5 Å². The molecule has 4 heterocycles. The van der Waals surface area contributed by atoms with Crippen molar-refractivity contribution < 1.29 is 4.42 Å². The van der Waals surface area contributed by atoms with Gasteiger partial charge in [0.1, 0.15) is 5.58 Å². The Balaban J connectivity index is 1.25. The topological polar surface area (TPSA) is 45.4 Å². The zero-order valence-corrected chi connectivity index (χ0v) is 19.9. The van der Waals surface area contributed by atoms with Crippen molar-refractivity contribution in [3.05, 3.63) is 115 Å². The highest BCUT2D eigenvalue weighted by Crippen LogP contribution is 2.41. The van der Waals surface area contributed by atoms with Crippen LogP contribution in [-0.4, -0.2) is 16.6 Å². The second-order valence-corrected chi connectivity index (χ2v) is 9.20. The van der Waals surface area contributed by atoms with E-state index in [1.807, 2.05) is 13.0 Å². The highest BCUT2D eigenvalue weighted by molar-refractivity contribution is 6.08. The normalized spacial score (nSPS) is 13.0. The van der Waals surface area contributed by atoms with E-state index in [9.17, 15) is 0 Å². The number of hydrogen-bond donors (Lipinski definition) is 0. The van der Waals surface area contributed by atoms with E-state index in [-0.39, 0.29) is 0 Å². The first-order chi connectivity index (χ1) is 17.7. The van der Waals surface area contributed by atoms with Crippen LogP contribution in [0.3, 0.4) is 0 Å². The van der Waals surface area contributed by atoms with E-state index < -0.39 is 0 Å². The van der Waals surface area contributed by atoms with Crippen molar-refractivity contribution >= 4 is 39.1 Å². The van der Waals surface area contributed by atoms with Gasteiger partial charge in [0.05, 0.1) is 36.0 Å². The molecule has 0 saturated carbocycles. The Kier molecular flexibility index (Phi) is 4.74. The maximum atomic E-state index is 6.23. The van der Waals surface area contributed by atoms with Gasteiger partial charge in [0.15, 0.2) is 0 Å². The van der Waals surface area contributed by atoms with Gasteiger partial charge in [-0.2, -0.15) is 0 Å². The molecule has 174 valence electrons. The standard InChI is InChI=1S/C31H24N4O/c1-21-17-18-25-24-12-8-13-26(30(24)36-31(25)32-21)27-14-7-9-22(33-27)19-34-20-35(23-10-3-2-4-11-23)29-16-6-5-15-28(29)34/h2-18H,19-20H2,1H3. The molecule has 0 spiro atoms. The molecular formula is C31H24N4O. The summed E-state index contributed by atoms with van der Waals surface area (Å²) >= 11 is 0. The van der Waals surface area contributed by atoms with Gasteiger partial charge < -0.3 is 14.2 Å². The third kappa shape index (κ3) is 3.40. The van der Waals surface area contributed by atoms with Crippen LogP contribution in [0.15, 0.2) is 108 Å². The van der Waals surface area contributed by atoms with E-state index in [2.05, 4.69) is 112 Å². The SMILES string of the molecule is Cc1ccc2c(n1)oc1c(-c3cccc(CN4CN(c5ccccc5)c5ccccc54)n3)cccc12. The van der Waals surface area contributed by atoms with Gasteiger partial charge in [0, 0.05) is 27.7 Å². The van der Waals surface area contributed by atoms with Gasteiger partial charge in [-0.3, -0.25) is 4.98 Å². The van der Waals surface area contributed by atoms with Gasteiger partial charge >= 0.3 is 0 Å². The molecule has 0 radical (unpaired) electrons. The largest absolute Gasteiger partial charge is 0.437 e. The molecule has 1 aliphatic rings. The second kappa shape index (κ2) is 8.24. The third-order valence-corrected chi connectivity index (χ3v) is 6.83. The molecule has 36 heavy (non-hydrogen) atoms. The van der Waals surface area contributed by atoms with Crippen LogP contribution < -0.4 is 9.80 Å². The van der Waals surface area contributed by atoms with Crippen molar-refractivity contribution in [3.8, 4) is 11.3 Å². The lowest BCUT2D eigenvalue weighted by atomic mass is 10.1. The lowest BCUT2D eigenvalue weighted by Gasteiger charge is -2.22. The summed E-state index contributed by atoms with van der Waals surface area (Å²) in [4.78, 5) is 14.4. The molecule has 0 aliphatic carbocycles. The third-order valence-electron chi connectivity index (χ3n) is 6.83. The number of aromatic nitrogens is 2. The first-order valence-electron chi connectivity index (χ1n) is 12.2. The van der Waals surface area contributed by atoms with Crippen molar-refractivity contribution in [2.75, 3.05) is 16.5 Å². The molecule has 0 saturated heterocycles. The molecule has 0 fully saturated rings. The minimum Gasteiger partial charge on any atom is -0.437 e. The Bertz CT molecular complexity index is 1720. The highest BCUT2D eigenvalue weighted by atomic mass is 16.3. The van der Waals surface area contributed by atoms with Gasteiger partial charge in [-0.15, -0.1) is 0 Å². The molecule has 0 N–H and O–H groups in total. The molecular weight excluding hydrogens is 444 g/mol. The molecule has 5 heteroatoms. The summed E-state index contributed by atoms with van der Waals surface area (Å²) in [7, 11) is 0. The fourth-order valence-electron chi connectivity index (χ4n) is 5.13. The lowest BCUT2D eigenvalue weighted by molar-refractivity contribution is 0.653. The van der Waals surface area contributed by atoms with E-state index in [0.717, 1.165) is 45.7 Å². The van der Waals surface area contributed by atoms with Crippen molar-refractivity contribution in [1.29, 1.82) is 0 Å². The molecule has 6 aromatic rings. The number of fused-ring (bicyclic) bond motifs is 4. The number of pyridine rings is 2. The first kappa shape index (κ1) is 20.7. The van der Waals surface area contributed by atoms with Gasteiger partial charge in [-0.05, 0) is 61.5 Å². The Morgan fingerprint density at radius 3 is 2.42 bits per heavy atom. The predicted molar refractivity (Wildman–Crippen MR) is 146 cm³/mol. The second-order valence-electron chi connectivity index (χ2n) is 9.20. The highest BCUT2D eigenvalue weighted by Gasteiger charge is 2.27. The smallest absolute Gasteiger partial charge is 0.227 e. The number of hydrogen-bond acceptors (Lipinski definition) is 5. The number of aryl methyl sites for hydroxylation is 1. The van der Waals surface area contributed by atoms with Crippen LogP contribution in [0.2, 0.25) is 0 Å². The minimum atomic E-state index is 0.670. The summed E-state index contributed by atoms with van der Waals surface area (Å²) in [5.74, 6) is 0. The number of rotatable bonds is 4. The van der Waals surface area contributed by atoms with E-state index in [1.54, 1.807) is 0 Å². The molecule has 0 bridgehead atoms. The van der Waals surface area contributed by atoms with E-state index >= 15 is 0 Å². The number of anilines is 3. The Hall–Kier alpha value is -4.64. The van der Waals surface area contributed by atoms with Crippen molar-refractivity contribution in [1.82, 2.24) is 9.97 Å². The van der Waals surface area contributed by atoms with E-state index in [1.165, 1.54) is 17.1 Å². The maximum Gasteiger partial charge on any atom is 0.227 e. The zero-order valence-electron chi connectivity index (χ0n) is 19.9. The zero-order chi connectivity index (χ0) is 24.1. The number of benzene rings is 3. The summed E-state index contributed by atoms with van der Waals surface area (Å²) in [5, 5.41) is 2.09. The Morgan fingerprint density at radius 1 is 0.722 bits per heavy atom. The van der Waals surface area contributed by atoms with E-state index in [4.69, 9.17) is 9.40 Å². The van der Waals surface area contributed by atoms with Gasteiger partial charge in [0.2, 0.25) is 5.71 Å². The first-order valence-corrected chi connectivity index (χ1v) is 12.2. The average Bonchev–Trinajstić information content (AvgIpc) is 3.47. The van der Waals surface area contributed by atoms with Crippen LogP contribution >= 0.6 is 0 Å². The fourth-order valence-corrected chi connectivity index (χ4v) is 5.13. The summed E-state index contributed by atoms with van der Waals surface area (Å²) in [5.41, 5.74) is 8.97. The number of furan rings is 1. The lowest BCUT2D eigenvalue weighted by Crippen LogP contribution is -2.27. The predicted octanol–water partition coefficient (Wildman–Crippen LogP) is 7.47. The molecule has 0 unspecified atom stereocenters. The van der Waals surface area contributed by atoms with Gasteiger partial charge in [0.25, 0.3) is 0 Å². The van der Waals surface area contributed by atoms with Gasteiger partial charge in [-0.25, -0.2) is 4.98 Å². The van der Waals surface area contributed by atoms with Crippen molar-refractivity contribution in [2.24, 2.45) is 0 Å². The Labute approximate surface area is 209 Å². The molecule has 3 aromatic carbocycles. The molecule has 0 atom stereocenters. The molecule has 3 aromatic heterocycles. The average molecular weight is 469 g/mol. The molecule has 5 nitrogen and oxygen atoms in total. The van der Waals surface area contributed by atoms with E-state index in [0.29, 0.717) is 12.3 Å². The summed E-state index contributed by atoms with van der Waals surface area (Å²) < 4.78 is 6.23. The summed E-state index contributed by atoms with van der Waals surface area (Å²) in [6, 6.07) is 35.7. The molecule has 1 aliphatic heterocycles.